The van der Waals surface area contributed by atoms with E-state index in [-0.39, 0.29) is 18.4 Å². The van der Waals surface area contributed by atoms with Crippen molar-refractivity contribution in [1.29, 1.82) is 0 Å². The summed E-state index contributed by atoms with van der Waals surface area (Å²) >= 11 is 0. The zero-order chi connectivity index (χ0) is 13.9. The van der Waals surface area contributed by atoms with Crippen LogP contribution < -0.4 is 5.32 Å². The second-order valence-electron chi connectivity index (χ2n) is 5.74. The molecular formula is C15H23NO3. The quantitative estimate of drug-likeness (QED) is 0.879. The normalized spacial score (nSPS) is 19.9. The van der Waals surface area contributed by atoms with Crippen molar-refractivity contribution < 1.29 is 14.3 Å². The van der Waals surface area contributed by atoms with E-state index in [2.05, 4.69) is 5.32 Å². The zero-order valence-electron chi connectivity index (χ0n) is 11.7. The number of amides is 1. The number of aryl methyl sites for hydroxylation is 1. The minimum absolute atomic E-state index is 0.0586. The first-order chi connectivity index (χ1) is 8.99. The first-order valence-corrected chi connectivity index (χ1v) is 7.06. The van der Waals surface area contributed by atoms with E-state index in [1.807, 2.05) is 13.0 Å². The van der Waals surface area contributed by atoms with E-state index in [0.717, 1.165) is 31.4 Å². The van der Waals surface area contributed by atoms with Crippen LogP contribution >= 0.6 is 0 Å². The molecule has 4 nitrogen and oxygen atoms in total. The van der Waals surface area contributed by atoms with E-state index < -0.39 is 5.60 Å². The first kappa shape index (κ1) is 14.1. The summed E-state index contributed by atoms with van der Waals surface area (Å²) in [6, 6.07) is 3.56. The Bertz CT molecular complexity index is 430. The Kier molecular flexibility index (Phi) is 4.30. The van der Waals surface area contributed by atoms with E-state index in [0.29, 0.717) is 5.76 Å². The Labute approximate surface area is 114 Å². The Hall–Kier alpha value is -1.29. The Morgan fingerprint density at radius 1 is 1.42 bits per heavy atom. The number of carbonyl (C=O) groups excluding carboxylic acids is 1. The van der Waals surface area contributed by atoms with Crippen LogP contribution in [0.2, 0.25) is 0 Å². The van der Waals surface area contributed by atoms with Gasteiger partial charge < -0.3 is 14.8 Å². The fourth-order valence-electron chi connectivity index (χ4n) is 2.58. The monoisotopic (exact) mass is 265 g/mol. The number of carbonyl (C=O) groups is 1. The van der Waals surface area contributed by atoms with Crippen LogP contribution in [0.15, 0.2) is 16.5 Å². The molecule has 106 valence electrons. The van der Waals surface area contributed by atoms with Crippen molar-refractivity contribution >= 4 is 5.91 Å². The third-order valence-electron chi connectivity index (χ3n) is 3.85. The van der Waals surface area contributed by atoms with Crippen LogP contribution in [0.1, 0.15) is 50.5 Å². The summed E-state index contributed by atoms with van der Waals surface area (Å²) in [5.74, 6) is 1.42. The standard InChI is InChI=1S/C15H23NO3/c1-11-8-9-13(19-11)15(2,18)10-16-14(17)12-6-4-3-5-7-12/h8-9,12,18H,3-7,10H2,1-2H3,(H,16,17)/t15-/m0/s1. The molecule has 1 atom stereocenters. The third-order valence-corrected chi connectivity index (χ3v) is 3.85. The fourth-order valence-corrected chi connectivity index (χ4v) is 2.58. The van der Waals surface area contributed by atoms with Crippen molar-refractivity contribution in [3.8, 4) is 0 Å². The van der Waals surface area contributed by atoms with Gasteiger partial charge in [0, 0.05) is 5.92 Å². The average molecular weight is 265 g/mol. The van der Waals surface area contributed by atoms with Gasteiger partial charge in [-0.25, -0.2) is 0 Å². The SMILES string of the molecule is Cc1ccc([C@@](C)(O)CNC(=O)C2CCCCC2)o1. The number of nitrogens with one attached hydrogen (secondary N) is 1. The van der Waals surface area contributed by atoms with Gasteiger partial charge in [-0.2, -0.15) is 0 Å². The molecule has 0 unspecified atom stereocenters. The minimum Gasteiger partial charge on any atom is -0.463 e. The van der Waals surface area contributed by atoms with Crippen molar-refractivity contribution in [1.82, 2.24) is 5.32 Å². The lowest BCUT2D eigenvalue weighted by Gasteiger charge is -2.25. The van der Waals surface area contributed by atoms with Gasteiger partial charge in [-0.15, -0.1) is 0 Å². The number of rotatable bonds is 4. The molecule has 1 saturated carbocycles. The van der Waals surface area contributed by atoms with Crippen molar-refractivity contribution in [3.05, 3.63) is 23.7 Å². The topological polar surface area (TPSA) is 62.5 Å². The Morgan fingerprint density at radius 3 is 2.68 bits per heavy atom. The lowest BCUT2D eigenvalue weighted by atomic mass is 9.88. The van der Waals surface area contributed by atoms with Crippen LogP contribution in [0.3, 0.4) is 0 Å². The lowest BCUT2D eigenvalue weighted by Crippen LogP contribution is -2.41. The highest BCUT2D eigenvalue weighted by Gasteiger charge is 2.29. The van der Waals surface area contributed by atoms with E-state index in [4.69, 9.17) is 4.42 Å². The lowest BCUT2D eigenvalue weighted by molar-refractivity contribution is -0.127. The largest absolute Gasteiger partial charge is 0.463 e. The van der Waals surface area contributed by atoms with Crippen molar-refractivity contribution in [2.24, 2.45) is 5.92 Å². The number of aliphatic hydroxyl groups is 1. The van der Waals surface area contributed by atoms with E-state index >= 15 is 0 Å². The van der Waals surface area contributed by atoms with E-state index in [1.54, 1.807) is 13.0 Å². The van der Waals surface area contributed by atoms with Crippen molar-refractivity contribution in [2.45, 2.75) is 51.6 Å². The predicted molar refractivity (Wildman–Crippen MR) is 72.6 cm³/mol. The molecule has 0 saturated heterocycles. The van der Waals surface area contributed by atoms with Gasteiger partial charge in [0.1, 0.15) is 17.1 Å². The second kappa shape index (κ2) is 5.78. The number of hydrogen-bond acceptors (Lipinski definition) is 3. The minimum atomic E-state index is -1.15. The van der Waals surface area contributed by atoms with Crippen molar-refractivity contribution in [2.75, 3.05) is 6.54 Å². The maximum absolute atomic E-state index is 12.0. The molecule has 1 aromatic rings. The second-order valence-corrected chi connectivity index (χ2v) is 5.74. The summed E-state index contributed by atoms with van der Waals surface area (Å²) in [5.41, 5.74) is -1.15. The molecule has 2 rings (SSSR count). The molecule has 1 amide bonds. The van der Waals surface area contributed by atoms with Crippen molar-refractivity contribution in [3.63, 3.8) is 0 Å². The Morgan fingerprint density at radius 2 is 2.11 bits per heavy atom. The van der Waals surface area contributed by atoms with Gasteiger partial charge in [0.15, 0.2) is 0 Å². The maximum atomic E-state index is 12.0. The van der Waals surface area contributed by atoms with E-state index in [9.17, 15) is 9.90 Å². The number of furan rings is 1. The summed E-state index contributed by atoms with van der Waals surface area (Å²) in [5, 5.41) is 13.2. The van der Waals surface area contributed by atoms with E-state index in [1.165, 1.54) is 6.42 Å². The maximum Gasteiger partial charge on any atom is 0.223 e. The van der Waals surface area contributed by atoms with Gasteiger partial charge in [-0.3, -0.25) is 4.79 Å². The summed E-state index contributed by atoms with van der Waals surface area (Å²) < 4.78 is 5.42. The molecule has 1 fully saturated rings. The van der Waals surface area contributed by atoms with Crippen LogP contribution in [-0.2, 0) is 10.4 Å². The number of hydrogen-bond donors (Lipinski definition) is 2. The average Bonchev–Trinajstić information content (AvgIpc) is 2.85. The summed E-state index contributed by atoms with van der Waals surface area (Å²) in [6.07, 6.45) is 5.42. The summed E-state index contributed by atoms with van der Waals surface area (Å²) in [4.78, 5) is 12.0. The van der Waals surface area contributed by atoms with Crippen LogP contribution in [0, 0.1) is 12.8 Å². The smallest absolute Gasteiger partial charge is 0.223 e. The molecule has 19 heavy (non-hydrogen) atoms. The molecule has 0 aromatic carbocycles. The predicted octanol–water partition coefficient (Wildman–Crippen LogP) is 2.49. The molecule has 0 aliphatic heterocycles. The van der Waals surface area contributed by atoms with Gasteiger partial charge in [0.05, 0.1) is 6.54 Å². The first-order valence-electron chi connectivity index (χ1n) is 7.06. The fraction of sp³-hybridized carbons (Fsp3) is 0.667. The molecule has 0 spiro atoms. The highest BCUT2D eigenvalue weighted by Crippen LogP contribution is 2.25. The van der Waals surface area contributed by atoms with Gasteiger partial charge in [-0.1, -0.05) is 19.3 Å². The molecule has 1 aliphatic carbocycles. The highest BCUT2D eigenvalue weighted by molar-refractivity contribution is 5.78. The van der Waals surface area contributed by atoms with Gasteiger partial charge in [0.2, 0.25) is 5.91 Å². The summed E-state index contributed by atoms with van der Waals surface area (Å²) in [7, 11) is 0. The zero-order valence-corrected chi connectivity index (χ0v) is 11.7. The van der Waals surface area contributed by atoms with Gasteiger partial charge in [-0.05, 0) is 38.8 Å². The Balaban J connectivity index is 1.88. The highest BCUT2D eigenvalue weighted by atomic mass is 16.4. The van der Waals surface area contributed by atoms with Crippen LogP contribution in [0.5, 0.6) is 0 Å². The van der Waals surface area contributed by atoms with Crippen LogP contribution in [0.4, 0.5) is 0 Å². The molecule has 1 aliphatic rings. The van der Waals surface area contributed by atoms with Crippen LogP contribution in [0.25, 0.3) is 0 Å². The summed E-state index contributed by atoms with van der Waals surface area (Å²) in [6.45, 7) is 3.68. The molecule has 0 radical (unpaired) electrons. The molecular weight excluding hydrogens is 242 g/mol. The molecule has 0 bridgehead atoms. The molecule has 4 heteroatoms. The van der Waals surface area contributed by atoms with Gasteiger partial charge >= 0.3 is 0 Å². The molecule has 1 aromatic heterocycles. The van der Waals surface area contributed by atoms with Crippen LogP contribution in [-0.4, -0.2) is 17.6 Å². The van der Waals surface area contributed by atoms with Gasteiger partial charge in [0.25, 0.3) is 0 Å². The molecule has 1 heterocycles. The molecule has 2 N–H and O–H groups in total. The third kappa shape index (κ3) is 3.60.